The smallest absolute Gasteiger partial charge is 0.331 e. The van der Waals surface area contributed by atoms with Gasteiger partial charge >= 0.3 is 23.9 Å². The van der Waals surface area contributed by atoms with Crippen LogP contribution in [0.1, 0.15) is 0 Å². The highest BCUT2D eigenvalue weighted by Crippen LogP contribution is 2.07. The minimum absolute atomic E-state index is 0.0182. The standard InChI is InChI=1S/C18H25NO9/c1-24-15(20)3-5-17(22)27-12-14(11-19-7-9-26-10-8-19)13-28-18(23)6-4-16(21)25-2/h3-6,14H,7-13H2,1-2H3/b5-3+,6-4+. The van der Waals surface area contributed by atoms with Crippen LogP contribution in [0.4, 0.5) is 0 Å². The third kappa shape index (κ3) is 10.4. The summed E-state index contributed by atoms with van der Waals surface area (Å²) in [7, 11) is 2.39. The minimum Gasteiger partial charge on any atom is -0.466 e. The van der Waals surface area contributed by atoms with E-state index >= 15 is 0 Å². The minimum atomic E-state index is -0.714. The quantitative estimate of drug-likeness (QED) is 0.270. The van der Waals surface area contributed by atoms with Crippen LogP contribution in [0.3, 0.4) is 0 Å². The summed E-state index contributed by atoms with van der Waals surface area (Å²) in [5, 5.41) is 0. The van der Waals surface area contributed by atoms with Gasteiger partial charge in [-0.15, -0.1) is 0 Å². The Morgan fingerprint density at radius 3 is 1.68 bits per heavy atom. The fraction of sp³-hybridized carbons (Fsp3) is 0.556. The first-order chi connectivity index (χ1) is 13.4. The summed E-state index contributed by atoms with van der Waals surface area (Å²) < 4.78 is 24.3. The second kappa shape index (κ2) is 13.4. The number of methoxy groups -OCH3 is 2. The Kier molecular flexibility index (Phi) is 11.2. The number of morpholine rings is 1. The predicted octanol–water partition coefficient (Wildman–Crippen LogP) is -0.520. The van der Waals surface area contributed by atoms with E-state index in [4.69, 9.17) is 14.2 Å². The Bertz CT molecular complexity index is 552. The van der Waals surface area contributed by atoms with Gasteiger partial charge in [0, 0.05) is 49.9 Å². The Morgan fingerprint density at radius 1 is 0.821 bits per heavy atom. The molecule has 0 radical (unpaired) electrons. The average molecular weight is 399 g/mol. The van der Waals surface area contributed by atoms with E-state index in [2.05, 4.69) is 14.4 Å². The summed E-state index contributed by atoms with van der Waals surface area (Å²) in [6.45, 7) is 3.09. The van der Waals surface area contributed by atoms with E-state index in [1.807, 2.05) is 0 Å². The Balaban J connectivity index is 2.55. The van der Waals surface area contributed by atoms with E-state index in [1.54, 1.807) is 0 Å². The van der Waals surface area contributed by atoms with Crippen molar-refractivity contribution in [2.75, 3.05) is 60.3 Å². The molecule has 1 fully saturated rings. The molecule has 0 atom stereocenters. The van der Waals surface area contributed by atoms with Crippen molar-refractivity contribution in [1.29, 1.82) is 0 Å². The first-order valence-electron chi connectivity index (χ1n) is 8.60. The second-order valence-corrected chi connectivity index (χ2v) is 5.75. The van der Waals surface area contributed by atoms with Gasteiger partial charge in [-0.05, 0) is 0 Å². The Hall–Kier alpha value is -2.72. The van der Waals surface area contributed by atoms with Gasteiger partial charge in [-0.3, -0.25) is 4.90 Å². The molecule has 0 aromatic rings. The Morgan fingerprint density at radius 2 is 1.25 bits per heavy atom. The molecule has 1 saturated heterocycles. The molecule has 10 nitrogen and oxygen atoms in total. The van der Waals surface area contributed by atoms with Crippen LogP contribution < -0.4 is 0 Å². The highest BCUT2D eigenvalue weighted by atomic mass is 16.5. The average Bonchev–Trinajstić information content (AvgIpc) is 2.72. The van der Waals surface area contributed by atoms with E-state index < -0.39 is 23.9 Å². The number of ether oxygens (including phenoxy) is 5. The van der Waals surface area contributed by atoms with Crippen molar-refractivity contribution >= 4 is 23.9 Å². The second-order valence-electron chi connectivity index (χ2n) is 5.75. The van der Waals surface area contributed by atoms with Gasteiger partial charge in [0.2, 0.25) is 0 Å². The Labute approximate surface area is 163 Å². The van der Waals surface area contributed by atoms with Gasteiger partial charge in [0.1, 0.15) is 0 Å². The fourth-order valence-corrected chi connectivity index (χ4v) is 2.21. The summed E-state index contributed by atoms with van der Waals surface area (Å²) in [5.41, 5.74) is 0. The zero-order chi connectivity index (χ0) is 20.8. The van der Waals surface area contributed by atoms with Crippen molar-refractivity contribution < 1.29 is 42.9 Å². The van der Waals surface area contributed by atoms with Gasteiger partial charge in [0.05, 0.1) is 40.6 Å². The highest BCUT2D eigenvalue weighted by Gasteiger charge is 2.20. The molecule has 0 aliphatic carbocycles. The predicted molar refractivity (Wildman–Crippen MR) is 95.0 cm³/mol. The lowest BCUT2D eigenvalue weighted by Gasteiger charge is -2.30. The van der Waals surface area contributed by atoms with Crippen LogP contribution in [0, 0.1) is 5.92 Å². The lowest BCUT2D eigenvalue weighted by molar-refractivity contribution is -0.144. The van der Waals surface area contributed by atoms with E-state index in [9.17, 15) is 19.2 Å². The maximum atomic E-state index is 11.7. The number of rotatable bonds is 10. The van der Waals surface area contributed by atoms with Gasteiger partial charge in [-0.1, -0.05) is 0 Å². The molecule has 156 valence electrons. The number of hydrogen-bond donors (Lipinski definition) is 0. The maximum absolute atomic E-state index is 11.7. The molecule has 0 saturated carbocycles. The van der Waals surface area contributed by atoms with Gasteiger partial charge in [-0.2, -0.15) is 0 Å². The number of esters is 4. The SMILES string of the molecule is COC(=O)/C=C/C(=O)OCC(COC(=O)/C=C/C(=O)OC)CN1CCOCC1. The van der Waals surface area contributed by atoms with Crippen molar-refractivity contribution in [1.82, 2.24) is 4.90 Å². The van der Waals surface area contributed by atoms with E-state index in [0.29, 0.717) is 32.8 Å². The van der Waals surface area contributed by atoms with Crippen molar-refractivity contribution in [2.45, 2.75) is 0 Å². The third-order valence-corrected chi connectivity index (χ3v) is 3.66. The van der Waals surface area contributed by atoms with Gasteiger partial charge < -0.3 is 23.7 Å². The summed E-state index contributed by atoms with van der Waals surface area (Å²) >= 11 is 0. The molecule has 0 unspecified atom stereocenters. The number of carbonyl (C=O) groups is 4. The molecule has 0 aromatic heterocycles. The molecular weight excluding hydrogens is 374 g/mol. The normalized spacial score (nSPS) is 15.0. The van der Waals surface area contributed by atoms with Gasteiger partial charge in [-0.25, -0.2) is 19.2 Å². The van der Waals surface area contributed by atoms with Crippen LogP contribution in [0.25, 0.3) is 0 Å². The fourth-order valence-electron chi connectivity index (χ4n) is 2.21. The van der Waals surface area contributed by atoms with Crippen LogP contribution >= 0.6 is 0 Å². The molecule has 10 heteroatoms. The van der Waals surface area contributed by atoms with Crippen molar-refractivity contribution in [3.63, 3.8) is 0 Å². The van der Waals surface area contributed by atoms with Crippen LogP contribution in [-0.4, -0.2) is 89.1 Å². The largest absolute Gasteiger partial charge is 0.466 e. The molecule has 1 aliphatic heterocycles. The van der Waals surface area contributed by atoms with Crippen molar-refractivity contribution in [3.8, 4) is 0 Å². The summed E-state index contributed by atoms with van der Waals surface area (Å²) in [5.74, 6) is -3.08. The zero-order valence-electron chi connectivity index (χ0n) is 16.0. The molecule has 1 rings (SSSR count). The summed E-state index contributed by atoms with van der Waals surface area (Å²) in [6.07, 6.45) is 3.83. The molecule has 28 heavy (non-hydrogen) atoms. The first-order valence-corrected chi connectivity index (χ1v) is 8.60. The number of hydrogen-bond acceptors (Lipinski definition) is 10. The molecule has 0 spiro atoms. The van der Waals surface area contributed by atoms with Crippen molar-refractivity contribution in [3.05, 3.63) is 24.3 Å². The lowest BCUT2D eigenvalue weighted by Crippen LogP contribution is -2.41. The maximum Gasteiger partial charge on any atom is 0.331 e. The highest BCUT2D eigenvalue weighted by molar-refractivity contribution is 5.92. The molecule has 0 N–H and O–H groups in total. The summed E-state index contributed by atoms with van der Waals surface area (Å²) in [6, 6.07) is 0. The zero-order valence-corrected chi connectivity index (χ0v) is 16.0. The topological polar surface area (TPSA) is 118 Å². The summed E-state index contributed by atoms with van der Waals surface area (Å²) in [4.78, 5) is 47.5. The first kappa shape index (κ1) is 23.3. The van der Waals surface area contributed by atoms with E-state index in [0.717, 1.165) is 24.3 Å². The third-order valence-electron chi connectivity index (χ3n) is 3.66. The van der Waals surface area contributed by atoms with E-state index in [1.165, 1.54) is 14.2 Å². The monoisotopic (exact) mass is 399 g/mol. The number of nitrogens with zero attached hydrogens (tertiary/aromatic N) is 1. The van der Waals surface area contributed by atoms with Crippen LogP contribution in [0.15, 0.2) is 24.3 Å². The number of carbonyl (C=O) groups excluding carboxylic acids is 4. The van der Waals surface area contributed by atoms with Gasteiger partial charge in [0.15, 0.2) is 0 Å². The molecular formula is C18H25NO9. The lowest BCUT2D eigenvalue weighted by atomic mass is 10.1. The molecule has 0 bridgehead atoms. The molecule has 0 aromatic carbocycles. The molecule has 1 heterocycles. The van der Waals surface area contributed by atoms with Crippen LogP contribution in [0.2, 0.25) is 0 Å². The van der Waals surface area contributed by atoms with Crippen LogP contribution in [-0.2, 0) is 42.9 Å². The molecule has 0 amide bonds. The van der Waals surface area contributed by atoms with Crippen molar-refractivity contribution in [2.24, 2.45) is 5.92 Å². The molecule has 1 aliphatic rings. The van der Waals surface area contributed by atoms with E-state index in [-0.39, 0.29) is 19.1 Å². The van der Waals surface area contributed by atoms with Crippen LogP contribution in [0.5, 0.6) is 0 Å². The van der Waals surface area contributed by atoms with Gasteiger partial charge in [0.25, 0.3) is 0 Å².